The van der Waals surface area contributed by atoms with Crippen molar-refractivity contribution in [2.75, 3.05) is 5.32 Å². The van der Waals surface area contributed by atoms with E-state index in [1.54, 1.807) is 0 Å². The second kappa shape index (κ2) is 7.22. The average molecular weight is 457 g/mol. The molecule has 28 heavy (non-hydrogen) atoms. The summed E-state index contributed by atoms with van der Waals surface area (Å²) < 4.78 is 156. The van der Waals surface area contributed by atoms with Crippen LogP contribution in [0.2, 0.25) is 0 Å². The van der Waals surface area contributed by atoms with Crippen molar-refractivity contribution >= 4 is 22.4 Å². The first kappa shape index (κ1) is 24.2. The van der Waals surface area contributed by atoms with Gasteiger partial charge in [-0.15, -0.1) is 10.2 Å². The third-order valence-electron chi connectivity index (χ3n) is 3.15. The van der Waals surface area contributed by atoms with Gasteiger partial charge in [-0.2, -0.15) is 43.9 Å². The number of hydrogen-bond acceptors (Lipinski definition) is 4. The summed E-state index contributed by atoms with van der Waals surface area (Å²) in [5, 5.41) is 6.26. The van der Waals surface area contributed by atoms with Crippen LogP contribution in [0.3, 0.4) is 0 Å². The number of nitrogens with zero attached hydrogens (tertiary/aromatic N) is 2. The van der Waals surface area contributed by atoms with Crippen LogP contribution in [0, 0.1) is 0 Å². The summed E-state index contributed by atoms with van der Waals surface area (Å²) >= 11 is 0.322. The number of carbonyl (C=O) groups is 1. The van der Waals surface area contributed by atoms with Gasteiger partial charge in [-0.25, -0.2) is 8.78 Å². The molecular weight excluding hydrogens is 450 g/mol. The molecule has 0 aliphatic heterocycles. The maximum Gasteiger partial charge on any atom is 0.393 e. The molecular formula is C11H7F12N3OS. The van der Waals surface area contributed by atoms with Gasteiger partial charge >= 0.3 is 41.9 Å². The number of aryl methyl sites for hydroxylation is 1. The standard InChI is InChI=1S/C11H7F12N3OS/c1-2-3-25-26-6(28-3)24-5(27)8(16,17)10(20,21)11(22,23)9(18,19)7(14,15)4(12)13/h4H,2H2,1H3,(H,24,26,27). The van der Waals surface area contributed by atoms with E-state index in [1.807, 2.05) is 0 Å². The van der Waals surface area contributed by atoms with Crippen LogP contribution in [0.4, 0.5) is 57.8 Å². The van der Waals surface area contributed by atoms with Crippen molar-refractivity contribution in [1.82, 2.24) is 10.2 Å². The van der Waals surface area contributed by atoms with Gasteiger partial charge in [-0.1, -0.05) is 18.3 Å². The van der Waals surface area contributed by atoms with Crippen LogP contribution in [0.1, 0.15) is 11.9 Å². The predicted molar refractivity (Wildman–Crippen MR) is 68.7 cm³/mol. The van der Waals surface area contributed by atoms with Gasteiger partial charge in [0.05, 0.1) is 0 Å². The number of nitrogens with one attached hydrogen (secondary N) is 1. The second-order valence-electron chi connectivity index (χ2n) is 5.03. The Morgan fingerprint density at radius 1 is 0.929 bits per heavy atom. The Morgan fingerprint density at radius 2 is 1.43 bits per heavy atom. The number of amides is 1. The van der Waals surface area contributed by atoms with Gasteiger partial charge < -0.3 is 0 Å². The molecule has 1 rings (SSSR count). The fourth-order valence-corrected chi connectivity index (χ4v) is 2.18. The molecule has 1 aromatic heterocycles. The Bertz CT molecular complexity index is 719. The van der Waals surface area contributed by atoms with Crippen molar-refractivity contribution in [2.24, 2.45) is 0 Å². The van der Waals surface area contributed by atoms with Crippen LogP contribution >= 0.6 is 11.3 Å². The van der Waals surface area contributed by atoms with Crippen molar-refractivity contribution in [3.63, 3.8) is 0 Å². The number of hydrogen-bond donors (Lipinski definition) is 1. The summed E-state index contributed by atoms with van der Waals surface area (Å²) in [5.41, 5.74) is 0. The molecule has 0 aliphatic rings. The molecule has 0 bridgehead atoms. The van der Waals surface area contributed by atoms with E-state index < -0.39 is 47.1 Å². The minimum absolute atomic E-state index is 0.0545. The molecule has 1 heterocycles. The normalized spacial score (nSPS) is 14.5. The van der Waals surface area contributed by atoms with Crippen LogP contribution in [0.15, 0.2) is 0 Å². The lowest BCUT2D eigenvalue weighted by molar-refractivity contribution is -0.406. The number of halogens is 12. The largest absolute Gasteiger partial charge is 0.393 e. The molecule has 0 unspecified atom stereocenters. The van der Waals surface area contributed by atoms with Gasteiger partial charge in [0.2, 0.25) is 5.13 Å². The molecule has 1 N–H and O–H groups in total. The third-order valence-corrected chi connectivity index (χ3v) is 4.13. The number of aromatic nitrogens is 2. The molecule has 0 saturated carbocycles. The molecule has 0 aliphatic carbocycles. The first-order valence-corrected chi connectivity index (χ1v) is 7.50. The van der Waals surface area contributed by atoms with E-state index in [9.17, 15) is 57.5 Å². The molecule has 0 saturated heterocycles. The molecule has 0 radical (unpaired) electrons. The number of rotatable bonds is 8. The van der Waals surface area contributed by atoms with Gasteiger partial charge in [0.15, 0.2) is 0 Å². The minimum Gasteiger partial charge on any atom is -0.295 e. The zero-order chi connectivity index (χ0) is 22.3. The molecule has 0 atom stereocenters. The molecule has 0 spiro atoms. The lowest BCUT2D eigenvalue weighted by atomic mass is 9.94. The number of alkyl halides is 12. The molecule has 1 amide bonds. The molecule has 0 aromatic carbocycles. The first-order valence-electron chi connectivity index (χ1n) is 6.69. The summed E-state index contributed by atoms with van der Waals surface area (Å²) in [5.74, 6) is -40.1. The monoisotopic (exact) mass is 457 g/mol. The highest BCUT2D eigenvalue weighted by Gasteiger charge is 2.89. The molecule has 17 heteroatoms. The summed E-state index contributed by atoms with van der Waals surface area (Å²) in [7, 11) is 0. The van der Waals surface area contributed by atoms with Crippen molar-refractivity contribution in [1.29, 1.82) is 0 Å². The Morgan fingerprint density at radius 3 is 1.82 bits per heavy atom. The molecule has 4 nitrogen and oxygen atoms in total. The Kier molecular flexibility index (Phi) is 6.25. The Hall–Kier alpha value is -1.81. The van der Waals surface area contributed by atoms with Crippen LogP contribution in [-0.2, 0) is 11.2 Å². The van der Waals surface area contributed by atoms with Crippen LogP contribution in [-0.4, -0.2) is 52.1 Å². The van der Waals surface area contributed by atoms with Gasteiger partial charge in [0.1, 0.15) is 5.01 Å². The smallest absolute Gasteiger partial charge is 0.295 e. The minimum atomic E-state index is -7.77. The average Bonchev–Trinajstić information content (AvgIpc) is 3.01. The highest BCUT2D eigenvalue weighted by molar-refractivity contribution is 7.15. The van der Waals surface area contributed by atoms with Gasteiger partial charge in [0.25, 0.3) is 0 Å². The van der Waals surface area contributed by atoms with Crippen molar-refractivity contribution in [3.8, 4) is 0 Å². The van der Waals surface area contributed by atoms with E-state index in [1.165, 1.54) is 6.92 Å². The van der Waals surface area contributed by atoms with Gasteiger partial charge in [-0.05, 0) is 6.42 Å². The zero-order valence-electron chi connectivity index (χ0n) is 13.0. The Labute approximate surface area is 150 Å². The molecule has 0 fully saturated rings. The molecule has 1 aromatic rings. The van der Waals surface area contributed by atoms with E-state index in [0.29, 0.717) is 11.3 Å². The lowest BCUT2D eigenvalue weighted by Crippen LogP contribution is -2.70. The quantitative estimate of drug-likeness (QED) is 0.586. The van der Waals surface area contributed by atoms with E-state index in [-0.39, 0.29) is 11.4 Å². The van der Waals surface area contributed by atoms with Crippen molar-refractivity contribution in [2.45, 2.75) is 49.4 Å². The van der Waals surface area contributed by atoms with Crippen LogP contribution < -0.4 is 5.32 Å². The summed E-state index contributed by atoms with van der Waals surface area (Å²) in [4.78, 5) is 11.2. The maximum atomic E-state index is 13.5. The highest BCUT2D eigenvalue weighted by Crippen LogP contribution is 2.58. The van der Waals surface area contributed by atoms with E-state index in [0.717, 1.165) is 5.32 Å². The number of carbonyl (C=O) groups excluding carboxylic acids is 1. The topological polar surface area (TPSA) is 54.9 Å². The van der Waals surface area contributed by atoms with Gasteiger partial charge in [-0.3, -0.25) is 10.1 Å². The maximum absolute atomic E-state index is 13.5. The summed E-state index contributed by atoms with van der Waals surface area (Å²) in [6.07, 6.45) is -5.49. The SMILES string of the molecule is CCc1nnc(NC(=O)C(F)(F)C(F)(F)C(F)(F)C(F)(F)C(F)(F)C(F)F)s1. The lowest BCUT2D eigenvalue weighted by Gasteiger charge is -2.38. The zero-order valence-corrected chi connectivity index (χ0v) is 13.8. The van der Waals surface area contributed by atoms with Gasteiger partial charge in [0, 0.05) is 0 Å². The van der Waals surface area contributed by atoms with Crippen LogP contribution in [0.25, 0.3) is 0 Å². The first-order chi connectivity index (χ1) is 12.4. The van der Waals surface area contributed by atoms with E-state index in [4.69, 9.17) is 0 Å². The number of anilines is 1. The predicted octanol–water partition coefficient (Wildman–Crippen LogP) is 4.48. The van der Waals surface area contributed by atoms with Crippen molar-refractivity contribution < 1.29 is 57.5 Å². The van der Waals surface area contributed by atoms with Crippen molar-refractivity contribution in [3.05, 3.63) is 5.01 Å². The molecule has 162 valence electrons. The highest BCUT2D eigenvalue weighted by atomic mass is 32.1. The third kappa shape index (κ3) is 3.47. The van der Waals surface area contributed by atoms with Crippen LogP contribution in [0.5, 0.6) is 0 Å². The fraction of sp³-hybridized carbons (Fsp3) is 0.727. The Balaban J connectivity index is 3.30. The summed E-state index contributed by atoms with van der Waals surface area (Å²) in [6, 6.07) is 0. The fourth-order valence-electron chi connectivity index (χ4n) is 1.51. The van der Waals surface area contributed by atoms with E-state index >= 15 is 0 Å². The summed E-state index contributed by atoms with van der Waals surface area (Å²) in [6.45, 7) is 1.46. The van der Waals surface area contributed by atoms with E-state index in [2.05, 4.69) is 10.2 Å². The second-order valence-corrected chi connectivity index (χ2v) is 6.09.